The molecule has 5 nitrogen and oxygen atoms in total. The number of aromatic nitrogens is 2. The summed E-state index contributed by atoms with van der Waals surface area (Å²) in [5, 5.41) is 6.11. The second kappa shape index (κ2) is 6.57. The number of nitrogens with zero attached hydrogens (tertiary/aromatic N) is 3. The van der Waals surface area contributed by atoms with Gasteiger partial charge in [-0.2, -0.15) is 0 Å². The molecule has 3 heterocycles. The van der Waals surface area contributed by atoms with E-state index in [9.17, 15) is 4.79 Å². The molecule has 1 aliphatic rings. The molecule has 1 N–H and O–H groups in total. The summed E-state index contributed by atoms with van der Waals surface area (Å²) in [5.74, 6) is 0.942. The Morgan fingerprint density at radius 2 is 2.12 bits per heavy atom. The van der Waals surface area contributed by atoms with Crippen LogP contribution in [-0.2, 0) is 11.3 Å². The molecule has 0 spiro atoms. The second-order valence-corrected chi connectivity index (χ2v) is 6.79. The molecule has 4 rings (SSSR count). The van der Waals surface area contributed by atoms with Crippen LogP contribution >= 0.6 is 11.3 Å². The molecule has 6 heteroatoms. The molecule has 24 heavy (non-hydrogen) atoms. The third-order valence-corrected chi connectivity index (χ3v) is 5.20. The third kappa shape index (κ3) is 2.85. The van der Waals surface area contributed by atoms with E-state index in [0.29, 0.717) is 6.54 Å². The SMILES string of the molecule is O=C(NCc1ccccc1)[C@@H]1CCCN1c1ncnc2sccc12. The first-order valence-corrected chi connectivity index (χ1v) is 8.97. The maximum atomic E-state index is 12.7. The minimum absolute atomic E-state index is 0.0679. The predicted octanol–water partition coefficient (Wildman–Crippen LogP) is 2.98. The zero-order valence-corrected chi connectivity index (χ0v) is 14.0. The van der Waals surface area contributed by atoms with Crippen molar-refractivity contribution in [1.29, 1.82) is 0 Å². The lowest BCUT2D eigenvalue weighted by atomic mass is 10.2. The zero-order valence-electron chi connectivity index (χ0n) is 13.2. The Balaban J connectivity index is 1.52. The number of anilines is 1. The number of nitrogens with one attached hydrogen (secondary N) is 1. The van der Waals surface area contributed by atoms with Crippen LogP contribution in [0.5, 0.6) is 0 Å². The van der Waals surface area contributed by atoms with Gasteiger partial charge in [-0.15, -0.1) is 11.3 Å². The van der Waals surface area contributed by atoms with Crippen molar-refractivity contribution in [1.82, 2.24) is 15.3 Å². The fourth-order valence-corrected chi connectivity index (χ4v) is 3.93. The summed E-state index contributed by atoms with van der Waals surface area (Å²) in [6.45, 7) is 1.41. The number of carbonyl (C=O) groups is 1. The van der Waals surface area contributed by atoms with Crippen molar-refractivity contribution in [3.63, 3.8) is 0 Å². The van der Waals surface area contributed by atoms with Gasteiger partial charge in [0.1, 0.15) is 23.0 Å². The van der Waals surface area contributed by atoms with Crippen LogP contribution in [-0.4, -0.2) is 28.5 Å². The number of carbonyl (C=O) groups excluding carboxylic acids is 1. The van der Waals surface area contributed by atoms with Crippen molar-refractivity contribution in [3.8, 4) is 0 Å². The molecule has 2 aromatic heterocycles. The van der Waals surface area contributed by atoms with E-state index in [1.165, 1.54) is 0 Å². The van der Waals surface area contributed by atoms with Crippen molar-refractivity contribution < 1.29 is 4.79 Å². The summed E-state index contributed by atoms with van der Waals surface area (Å²) in [5.41, 5.74) is 1.11. The molecule has 0 bridgehead atoms. The quantitative estimate of drug-likeness (QED) is 0.794. The van der Waals surface area contributed by atoms with Crippen molar-refractivity contribution in [3.05, 3.63) is 53.7 Å². The fourth-order valence-electron chi connectivity index (χ4n) is 3.20. The van der Waals surface area contributed by atoms with Gasteiger partial charge in [0.2, 0.25) is 5.91 Å². The molecule has 3 aromatic rings. The van der Waals surface area contributed by atoms with Gasteiger partial charge in [0.15, 0.2) is 0 Å². The smallest absolute Gasteiger partial charge is 0.243 e. The Morgan fingerprint density at radius 3 is 3.00 bits per heavy atom. The van der Waals surface area contributed by atoms with Gasteiger partial charge in [-0.1, -0.05) is 30.3 Å². The number of hydrogen-bond acceptors (Lipinski definition) is 5. The van der Waals surface area contributed by atoms with Gasteiger partial charge in [0, 0.05) is 13.1 Å². The van der Waals surface area contributed by atoms with Gasteiger partial charge >= 0.3 is 0 Å². The highest BCUT2D eigenvalue weighted by Gasteiger charge is 2.32. The lowest BCUT2D eigenvalue weighted by Gasteiger charge is -2.25. The van der Waals surface area contributed by atoms with Crippen molar-refractivity contribution in [2.45, 2.75) is 25.4 Å². The van der Waals surface area contributed by atoms with Gasteiger partial charge in [0.05, 0.1) is 5.39 Å². The third-order valence-electron chi connectivity index (χ3n) is 4.38. The van der Waals surface area contributed by atoms with E-state index in [2.05, 4.69) is 20.2 Å². The monoisotopic (exact) mass is 338 g/mol. The highest BCUT2D eigenvalue weighted by Crippen LogP contribution is 2.31. The van der Waals surface area contributed by atoms with Crippen molar-refractivity contribution >= 4 is 33.3 Å². The van der Waals surface area contributed by atoms with Gasteiger partial charge in [0.25, 0.3) is 0 Å². The van der Waals surface area contributed by atoms with Crippen LogP contribution in [0.3, 0.4) is 0 Å². The van der Waals surface area contributed by atoms with Crippen LogP contribution < -0.4 is 10.2 Å². The van der Waals surface area contributed by atoms with Crippen LogP contribution in [0.2, 0.25) is 0 Å². The molecule has 0 saturated carbocycles. The number of thiophene rings is 1. The minimum Gasteiger partial charge on any atom is -0.350 e. The average Bonchev–Trinajstić information content (AvgIpc) is 3.29. The van der Waals surface area contributed by atoms with E-state index in [-0.39, 0.29) is 11.9 Å². The maximum absolute atomic E-state index is 12.7. The number of benzene rings is 1. The van der Waals surface area contributed by atoms with E-state index in [4.69, 9.17) is 0 Å². The molecule has 1 amide bonds. The Kier molecular flexibility index (Phi) is 4.13. The summed E-state index contributed by atoms with van der Waals surface area (Å²) in [7, 11) is 0. The molecule has 1 fully saturated rings. The summed E-state index contributed by atoms with van der Waals surface area (Å²) < 4.78 is 0. The number of fused-ring (bicyclic) bond motifs is 1. The van der Waals surface area contributed by atoms with Gasteiger partial charge in [-0.05, 0) is 29.9 Å². The molecular formula is C18H18N4OS. The Labute approximate surface area is 144 Å². The maximum Gasteiger partial charge on any atom is 0.243 e. The first-order valence-electron chi connectivity index (χ1n) is 8.09. The summed E-state index contributed by atoms with van der Waals surface area (Å²) in [4.78, 5) is 24.5. The average molecular weight is 338 g/mol. The van der Waals surface area contributed by atoms with Crippen LogP contribution in [0.25, 0.3) is 10.2 Å². The number of amides is 1. The normalized spacial score (nSPS) is 17.3. The number of rotatable bonds is 4. The molecular weight excluding hydrogens is 320 g/mol. The van der Waals surface area contributed by atoms with Gasteiger partial charge < -0.3 is 10.2 Å². The fraction of sp³-hybridized carbons (Fsp3) is 0.278. The van der Waals surface area contributed by atoms with Gasteiger partial charge in [-0.25, -0.2) is 9.97 Å². The lowest BCUT2D eigenvalue weighted by Crippen LogP contribution is -2.43. The van der Waals surface area contributed by atoms with Crippen molar-refractivity contribution in [2.75, 3.05) is 11.4 Å². The van der Waals surface area contributed by atoms with Crippen LogP contribution in [0.4, 0.5) is 5.82 Å². The summed E-state index contributed by atoms with van der Waals surface area (Å²) in [6.07, 6.45) is 3.45. The molecule has 0 aliphatic carbocycles. The predicted molar refractivity (Wildman–Crippen MR) is 96.1 cm³/mol. The molecule has 1 atom stereocenters. The summed E-state index contributed by atoms with van der Waals surface area (Å²) >= 11 is 1.60. The molecule has 0 unspecified atom stereocenters. The standard InChI is InChI=1S/C18H18N4OS/c23-17(19-11-13-5-2-1-3-6-13)15-7-4-9-22(15)16-14-8-10-24-18(14)21-12-20-16/h1-3,5-6,8,10,12,15H,4,7,9,11H2,(H,19,23)/t15-/m0/s1. The number of hydrogen-bond donors (Lipinski definition) is 1. The highest BCUT2D eigenvalue weighted by atomic mass is 32.1. The van der Waals surface area contributed by atoms with E-state index in [1.807, 2.05) is 41.8 Å². The molecule has 122 valence electrons. The van der Waals surface area contributed by atoms with E-state index >= 15 is 0 Å². The highest BCUT2D eigenvalue weighted by molar-refractivity contribution is 7.16. The van der Waals surface area contributed by atoms with E-state index in [0.717, 1.165) is 41.0 Å². The Morgan fingerprint density at radius 1 is 1.25 bits per heavy atom. The van der Waals surface area contributed by atoms with Crippen LogP contribution in [0, 0.1) is 0 Å². The Bertz CT molecular complexity index is 848. The van der Waals surface area contributed by atoms with E-state index in [1.54, 1.807) is 17.7 Å². The molecule has 0 radical (unpaired) electrons. The second-order valence-electron chi connectivity index (χ2n) is 5.89. The molecule has 1 aliphatic heterocycles. The van der Waals surface area contributed by atoms with Crippen LogP contribution in [0.1, 0.15) is 18.4 Å². The lowest BCUT2D eigenvalue weighted by molar-refractivity contribution is -0.122. The minimum atomic E-state index is -0.160. The van der Waals surface area contributed by atoms with Crippen molar-refractivity contribution in [2.24, 2.45) is 0 Å². The first-order chi connectivity index (χ1) is 11.8. The Hall–Kier alpha value is -2.47. The first kappa shape index (κ1) is 15.1. The van der Waals surface area contributed by atoms with E-state index < -0.39 is 0 Å². The summed E-state index contributed by atoms with van der Waals surface area (Å²) in [6, 6.07) is 11.9. The zero-order chi connectivity index (χ0) is 16.4. The topological polar surface area (TPSA) is 58.1 Å². The largest absolute Gasteiger partial charge is 0.350 e. The van der Waals surface area contributed by atoms with Gasteiger partial charge in [-0.3, -0.25) is 4.79 Å². The molecule has 1 saturated heterocycles. The molecule has 1 aromatic carbocycles. The van der Waals surface area contributed by atoms with Crippen LogP contribution in [0.15, 0.2) is 48.1 Å².